The fourth-order valence-electron chi connectivity index (χ4n) is 2.10. The second kappa shape index (κ2) is 8.22. The van der Waals surface area contributed by atoms with Crippen molar-refractivity contribution in [2.75, 3.05) is 0 Å². The molecule has 3 nitrogen and oxygen atoms in total. The van der Waals surface area contributed by atoms with Crippen molar-refractivity contribution in [1.29, 1.82) is 0 Å². The lowest BCUT2D eigenvalue weighted by atomic mass is 10.2. The molecule has 118 valence electrons. The Hall–Kier alpha value is -2.72. The number of nitrogens with one attached hydrogen (secondary N) is 1. The van der Waals surface area contributed by atoms with Crippen molar-refractivity contribution in [2.45, 2.75) is 0 Å². The summed E-state index contributed by atoms with van der Waals surface area (Å²) in [5, 5.41) is 4.32. The molecule has 0 radical (unpaired) electrons. The molecule has 0 aliphatic heterocycles. The molecule has 0 aliphatic rings. The highest BCUT2D eigenvalue weighted by Crippen LogP contribution is 2.12. The van der Waals surface area contributed by atoms with Crippen molar-refractivity contribution in [3.05, 3.63) is 101 Å². The van der Waals surface area contributed by atoms with Crippen LogP contribution in [-0.4, -0.2) is 12.1 Å². The quantitative estimate of drug-likeness (QED) is 0.380. The van der Waals surface area contributed by atoms with E-state index in [1.54, 1.807) is 6.21 Å². The Kier molecular flexibility index (Phi) is 5.53. The maximum atomic E-state index is 4.66. The van der Waals surface area contributed by atoms with E-state index in [9.17, 15) is 0 Å². The number of hydrogen-bond acceptors (Lipinski definition) is 2. The summed E-state index contributed by atoms with van der Waals surface area (Å²) < 4.78 is 1.04. The smallest absolute Gasteiger partial charge is 0.154 e. The lowest BCUT2D eigenvalue weighted by molar-refractivity contribution is 1.03. The fraction of sp³-hybridized carbons (Fsp3) is 0. The summed E-state index contributed by atoms with van der Waals surface area (Å²) in [5.41, 5.74) is 5.93. The van der Waals surface area contributed by atoms with Gasteiger partial charge in [-0.05, 0) is 29.8 Å². The first kappa shape index (κ1) is 16.1. The lowest BCUT2D eigenvalue weighted by Crippen LogP contribution is -2.18. The van der Waals surface area contributed by atoms with Gasteiger partial charge in [0.15, 0.2) is 5.84 Å². The summed E-state index contributed by atoms with van der Waals surface area (Å²) in [4.78, 5) is 4.66. The molecule has 0 atom stereocenters. The topological polar surface area (TPSA) is 36.8 Å². The number of nitrogens with zero attached hydrogens (tertiary/aromatic N) is 2. The summed E-state index contributed by atoms with van der Waals surface area (Å²) in [6.07, 6.45) is 1.77. The minimum absolute atomic E-state index is 0.704. The van der Waals surface area contributed by atoms with Crippen LogP contribution >= 0.6 is 15.9 Å². The molecule has 0 saturated heterocycles. The van der Waals surface area contributed by atoms with E-state index in [1.807, 2.05) is 84.9 Å². The highest BCUT2D eigenvalue weighted by Gasteiger charge is 2.02. The second-order valence-electron chi connectivity index (χ2n) is 5.08. The average molecular weight is 378 g/mol. The van der Waals surface area contributed by atoms with Gasteiger partial charge in [-0.1, -0.05) is 76.6 Å². The molecule has 0 heterocycles. The van der Waals surface area contributed by atoms with Gasteiger partial charge < -0.3 is 0 Å². The van der Waals surface area contributed by atoms with Crippen LogP contribution in [0.5, 0.6) is 0 Å². The first-order valence-electron chi connectivity index (χ1n) is 7.55. The van der Waals surface area contributed by atoms with Crippen LogP contribution in [0.15, 0.2) is 99.5 Å². The molecule has 3 rings (SSSR count). The zero-order valence-electron chi connectivity index (χ0n) is 12.9. The van der Waals surface area contributed by atoms with Gasteiger partial charge in [-0.2, -0.15) is 5.10 Å². The Bertz CT molecular complexity index is 826. The van der Waals surface area contributed by atoms with Gasteiger partial charge in [0, 0.05) is 10.0 Å². The third kappa shape index (κ3) is 4.64. The molecule has 4 heteroatoms. The molecule has 0 unspecified atom stereocenters. The number of benzene rings is 3. The van der Waals surface area contributed by atoms with E-state index in [0.29, 0.717) is 5.84 Å². The summed E-state index contributed by atoms with van der Waals surface area (Å²) in [7, 11) is 0. The number of hydrazone groups is 1. The zero-order valence-corrected chi connectivity index (χ0v) is 14.5. The minimum Gasteiger partial charge on any atom is -0.261 e. The van der Waals surface area contributed by atoms with Crippen LogP contribution in [0, 0.1) is 0 Å². The normalized spacial score (nSPS) is 11.6. The van der Waals surface area contributed by atoms with Gasteiger partial charge in [0.05, 0.1) is 11.9 Å². The summed E-state index contributed by atoms with van der Waals surface area (Å²) in [5.74, 6) is 0.704. The zero-order chi connectivity index (χ0) is 16.6. The van der Waals surface area contributed by atoms with Crippen LogP contribution < -0.4 is 5.43 Å². The molecular weight excluding hydrogens is 362 g/mol. The molecular formula is C20H16BrN3. The fourth-order valence-corrected chi connectivity index (χ4v) is 2.36. The van der Waals surface area contributed by atoms with Gasteiger partial charge >= 0.3 is 0 Å². The summed E-state index contributed by atoms with van der Waals surface area (Å²) in [6, 6.07) is 27.7. The van der Waals surface area contributed by atoms with Crippen LogP contribution in [0.1, 0.15) is 11.1 Å². The number of halogens is 1. The van der Waals surface area contributed by atoms with Gasteiger partial charge in [-0.3, -0.25) is 5.43 Å². The first-order valence-corrected chi connectivity index (χ1v) is 8.34. The average Bonchev–Trinajstić information content (AvgIpc) is 2.64. The standard InChI is InChI=1S/C20H16BrN3/c21-18-13-11-16(12-14-18)15-22-24-20(17-7-3-1-4-8-17)23-19-9-5-2-6-10-19/h1-15H,(H,23,24). The predicted octanol–water partition coefficient (Wildman–Crippen LogP) is 5.15. The molecule has 0 aliphatic carbocycles. The van der Waals surface area contributed by atoms with Crippen LogP contribution in [0.4, 0.5) is 5.69 Å². The molecule has 0 fully saturated rings. The van der Waals surface area contributed by atoms with Crippen LogP contribution in [0.2, 0.25) is 0 Å². The molecule has 3 aromatic carbocycles. The number of rotatable bonds is 4. The van der Waals surface area contributed by atoms with Gasteiger partial charge in [-0.15, -0.1) is 0 Å². The largest absolute Gasteiger partial charge is 0.261 e. The van der Waals surface area contributed by atoms with Crippen molar-refractivity contribution < 1.29 is 0 Å². The Morgan fingerprint density at radius 1 is 0.792 bits per heavy atom. The van der Waals surface area contributed by atoms with E-state index in [1.165, 1.54) is 0 Å². The molecule has 0 bridgehead atoms. The van der Waals surface area contributed by atoms with Crippen LogP contribution in [0.3, 0.4) is 0 Å². The van der Waals surface area contributed by atoms with Gasteiger partial charge in [0.25, 0.3) is 0 Å². The monoisotopic (exact) mass is 377 g/mol. The lowest BCUT2D eigenvalue weighted by Gasteiger charge is -2.06. The van der Waals surface area contributed by atoms with Crippen molar-refractivity contribution in [1.82, 2.24) is 5.43 Å². The highest BCUT2D eigenvalue weighted by molar-refractivity contribution is 9.10. The third-order valence-electron chi connectivity index (χ3n) is 3.30. The minimum atomic E-state index is 0.704. The predicted molar refractivity (Wildman–Crippen MR) is 104 cm³/mol. The Morgan fingerprint density at radius 2 is 1.42 bits per heavy atom. The number of aliphatic imine (C=N–C) groups is 1. The van der Waals surface area contributed by atoms with E-state index in [2.05, 4.69) is 31.4 Å². The Morgan fingerprint density at radius 3 is 2.08 bits per heavy atom. The molecule has 0 amide bonds. The SMILES string of the molecule is Brc1ccc(C=NNC(=Nc2ccccc2)c2ccccc2)cc1. The van der Waals surface area contributed by atoms with Gasteiger partial charge in [0.1, 0.15) is 0 Å². The summed E-state index contributed by atoms with van der Waals surface area (Å²) in [6.45, 7) is 0. The van der Waals surface area contributed by atoms with Crippen LogP contribution in [-0.2, 0) is 0 Å². The Labute approximate surface area is 149 Å². The van der Waals surface area contributed by atoms with Gasteiger partial charge in [-0.25, -0.2) is 4.99 Å². The van der Waals surface area contributed by atoms with Crippen molar-refractivity contribution in [3.8, 4) is 0 Å². The Balaban J connectivity index is 1.83. The molecule has 0 aromatic heterocycles. The highest BCUT2D eigenvalue weighted by atomic mass is 79.9. The van der Waals surface area contributed by atoms with Crippen molar-refractivity contribution >= 4 is 33.7 Å². The molecule has 24 heavy (non-hydrogen) atoms. The van der Waals surface area contributed by atoms with E-state index in [4.69, 9.17) is 0 Å². The number of hydrogen-bond donors (Lipinski definition) is 1. The second-order valence-corrected chi connectivity index (χ2v) is 6.00. The summed E-state index contributed by atoms with van der Waals surface area (Å²) >= 11 is 3.43. The molecule has 3 aromatic rings. The molecule has 1 N–H and O–H groups in total. The van der Waals surface area contributed by atoms with E-state index in [-0.39, 0.29) is 0 Å². The van der Waals surface area contributed by atoms with E-state index < -0.39 is 0 Å². The molecule has 0 saturated carbocycles. The molecule has 0 spiro atoms. The first-order chi connectivity index (χ1) is 11.8. The number of amidine groups is 1. The van der Waals surface area contributed by atoms with Crippen molar-refractivity contribution in [2.24, 2.45) is 10.1 Å². The van der Waals surface area contributed by atoms with Crippen LogP contribution in [0.25, 0.3) is 0 Å². The van der Waals surface area contributed by atoms with Crippen molar-refractivity contribution in [3.63, 3.8) is 0 Å². The van der Waals surface area contributed by atoms with E-state index in [0.717, 1.165) is 21.3 Å². The maximum Gasteiger partial charge on any atom is 0.154 e. The maximum absolute atomic E-state index is 4.66. The van der Waals surface area contributed by atoms with E-state index >= 15 is 0 Å². The number of para-hydroxylation sites is 1. The third-order valence-corrected chi connectivity index (χ3v) is 3.83. The van der Waals surface area contributed by atoms with Gasteiger partial charge in [0.2, 0.25) is 0 Å².